The normalized spacial score (nSPS) is 20.8. The second-order valence-corrected chi connectivity index (χ2v) is 7.13. The van der Waals surface area contributed by atoms with Crippen LogP contribution in [-0.4, -0.2) is 70.2 Å². The lowest BCUT2D eigenvalue weighted by molar-refractivity contribution is 0.0648. The molecule has 1 saturated heterocycles. The van der Waals surface area contributed by atoms with Crippen molar-refractivity contribution in [3.63, 3.8) is 0 Å². The number of nitrogens with one attached hydrogen (secondary N) is 1. The van der Waals surface area contributed by atoms with Crippen molar-refractivity contribution in [3.05, 3.63) is 34.2 Å². The van der Waals surface area contributed by atoms with Crippen molar-refractivity contribution in [2.24, 2.45) is 5.92 Å². The topological polar surface area (TPSA) is 81.6 Å². The third-order valence-electron chi connectivity index (χ3n) is 5.12. The van der Waals surface area contributed by atoms with Crippen LogP contribution in [0.2, 0.25) is 0 Å². The fourth-order valence-electron chi connectivity index (χ4n) is 3.51. The maximum Gasteiger partial charge on any atom is 0.326 e. The molecule has 1 amide bonds. The van der Waals surface area contributed by atoms with Gasteiger partial charge < -0.3 is 19.9 Å². The van der Waals surface area contributed by atoms with Crippen LogP contribution in [0.3, 0.4) is 0 Å². The van der Waals surface area contributed by atoms with E-state index in [9.17, 15) is 14.7 Å². The molecule has 1 aromatic carbocycles. The first-order chi connectivity index (χ1) is 11.9. The molecule has 136 valence electrons. The van der Waals surface area contributed by atoms with Gasteiger partial charge in [0.25, 0.3) is 5.91 Å². The predicted octanol–water partition coefficient (Wildman–Crippen LogP) is 0.734. The summed E-state index contributed by atoms with van der Waals surface area (Å²) in [6.45, 7) is 3.99. The number of aliphatic hydroxyl groups is 1. The van der Waals surface area contributed by atoms with Crippen molar-refractivity contribution in [2.75, 3.05) is 33.8 Å². The largest absolute Gasteiger partial charge is 0.394 e. The average molecular weight is 346 g/mol. The van der Waals surface area contributed by atoms with E-state index in [0.29, 0.717) is 24.6 Å². The summed E-state index contributed by atoms with van der Waals surface area (Å²) < 4.78 is 1.67. The molecule has 0 spiro atoms. The number of hydrogen-bond donors (Lipinski definition) is 2. The zero-order valence-corrected chi connectivity index (χ0v) is 15.0. The van der Waals surface area contributed by atoms with Gasteiger partial charge in [-0.2, -0.15) is 0 Å². The van der Waals surface area contributed by atoms with E-state index in [1.54, 1.807) is 27.7 Å². The molecule has 0 radical (unpaired) electrons. The molecule has 2 unspecified atom stereocenters. The van der Waals surface area contributed by atoms with Gasteiger partial charge in [-0.25, -0.2) is 4.79 Å². The molecule has 0 aliphatic carbocycles. The summed E-state index contributed by atoms with van der Waals surface area (Å²) in [5.74, 6) is 0.210. The molecular weight excluding hydrogens is 320 g/mol. The van der Waals surface area contributed by atoms with E-state index in [1.807, 2.05) is 19.0 Å². The summed E-state index contributed by atoms with van der Waals surface area (Å²) in [6.07, 6.45) is 0.900. The van der Waals surface area contributed by atoms with Gasteiger partial charge in [0.2, 0.25) is 0 Å². The first-order valence-electron chi connectivity index (χ1n) is 8.71. The summed E-state index contributed by atoms with van der Waals surface area (Å²) in [5, 5.41) is 9.59. The Morgan fingerprint density at radius 1 is 1.40 bits per heavy atom. The number of amides is 1. The fourth-order valence-corrected chi connectivity index (χ4v) is 3.51. The Balaban J connectivity index is 1.93. The van der Waals surface area contributed by atoms with Crippen molar-refractivity contribution in [3.8, 4) is 0 Å². The minimum atomic E-state index is -0.163. The highest BCUT2D eigenvalue weighted by atomic mass is 16.3. The molecule has 3 rings (SSSR count). The quantitative estimate of drug-likeness (QED) is 0.836. The van der Waals surface area contributed by atoms with Gasteiger partial charge in [-0.05, 0) is 44.6 Å². The Hall–Kier alpha value is -2.12. The molecule has 2 aromatic rings. The number of likely N-dealkylation sites (N-methyl/N-ethyl adjacent to an activating group) is 1. The molecule has 1 fully saturated rings. The molecule has 0 saturated carbocycles. The van der Waals surface area contributed by atoms with Crippen LogP contribution in [0.25, 0.3) is 11.0 Å². The number of aromatic amines is 1. The SMILES string of the molecule is CC1CCN(C(=O)c2ccc3[nH]c(=O)n(CCN(C)C)c3c2)C1CO. The van der Waals surface area contributed by atoms with E-state index in [4.69, 9.17) is 0 Å². The molecule has 25 heavy (non-hydrogen) atoms. The van der Waals surface area contributed by atoms with E-state index < -0.39 is 0 Å². The van der Waals surface area contributed by atoms with E-state index in [0.717, 1.165) is 24.0 Å². The van der Waals surface area contributed by atoms with Gasteiger partial charge in [0.15, 0.2) is 0 Å². The molecule has 2 heterocycles. The lowest BCUT2D eigenvalue weighted by Gasteiger charge is -2.25. The van der Waals surface area contributed by atoms with Crippen LogP contribution in [-0.2, 0) is 6.54 Å². The molecule has 1 aromatic heterocycles. The van der Waals surface area contributed by atoms with Gasteiger partial charge >= 0.3 is 5.69 Å². The average Bonchev–Trinajstić information content (AvgIpc) is 3.10. The smallest absolute Gasteiger partial charge is 0.326 e. The van der Waals surface area contributed by atoms with Gasteiger partial charge in [-0.3, -0.25) is 9.36 Å². The second-order valence-electron chi connectivity index (χ2n) is 7.13. The Kier molecular flexibility index (Phi) is 4.96. The molecule has 7 nitrogen and oxygen atoms in total. The highest BCUT2D eigenvalue weighted by Crippen LogP contribution is 2.26. The van der Waals surface area contributed by atoms with Crippen molar-refractivity contribution in [1.29, 1.82) is 0 Å². The summed E-state index contributed by atoms with van der Waals surface area (Å²) >= 11 is 0. The zero-order valence-electron chi connectivity index (χ0n) is 15.0. The number of likely N-dealkylation sites (tertiary alicyclic amines) is 1. The number of benzene rings is 1. The number of carbonyl (C=O) groups excluding carboxylic acids is 1. The van der Waals surface area contributed by atoms with Crippen LogP contribution in [0.1, 0.15) is 23.7 Å². The molecule has 7 heteroatoms. The van der Waals surface area contributed by atoms with Gasteiger partial charge in [-0.15, -0.1) is 0 Å². The van der Waals surface area contributed by atoms with Gasteiger partial charge in [0.05, 0.1) is 23.7 Å². The van der Waals surface area contributed by atoms with Gasteiger partial charge in [-0.1, -0.05) is 6.92 Å². The molecule has 2 N–H and O–H groups in total. The summed E-state index contributed by atoms with van der Waals surface area (Å²) in [6, 6.07) is 5.17. The van der Waals surface area contributed by atoms with Gasteiger partial charge in [0, 0.05) is 25.2 Å². The van der Waals surface area contributed by atoms with E-state index >= 15 is 0 Å². The van der Waals surface area contributed by atoms with E-state index in [1.165, 1.54) is 0 Å². The van der Waals surface area contributed by atoms with Crippen LogP contribution in [0.5, 0.6) is 0 Å². The van der Waals surface area contributed by atoms with Gasteiger partial charge in [0.1, 0.15) is 0 Å². The van der Waals surface area contributed by atoms with Crippen LogP contribution < -0.4 is 5.69 Å². The minimum Gasteiger partial charge on any atom is -0.394 e. The van der Waals surface area contributed by atoms with Crippen molar-refractivity contribution in [1.82, 2.24) is 19.4 Å². The van der Waals surface area contributed by atoms with Crippen molar-refractivity contribution >= 4 is 16.9 Å². The molecule has 2 atom stereocenters. The second kappa shape index (κ2) is 7.01. The number of aromatic nitrogens is 2. The van der Waals surface area contributed by atoms with E-state index in [-0.39, 0.29) is 24.2 Å². The van der Waals surface area contributed by atoms with Crippen LogP contribution >= 0.6 is 0 Å². The number of fused-ring (bicyclic) bond motifs is 1. The molecular formula is C18H26N4O3. The molecule has 0 bridgehead atoms. The zero-order chi connectivity index (χ0) is 18.1. The standard InChI is InChI=1S/C18H26N4O3/c1-12-6-7-21(16(12)11-23)17(24)13-4-5-14-15(10-13)22(18(25)19-14)9-8-20(2)3/h4-5,10,12,16,23H,6-9,11H2,1-3H3,(H,19,25). The summed E-state index contributed by atoms with van der Waals surface area (Å²) in [4.78, 5) is 31.7. The highest BCUT2D eigenvalue weighted by molar-refractivity contribution is 5.97. The minimum absolute atomic E-state index is 0.0210. The monoisotopic (exact) mass is 346 g/mol. The highest BCUT2D eigenvalue weighted by Gasteiger charge is 2.34. The van der Waals surface area contributed by atoms with Crippen LogP contribution in [0.15, 0.2) is 23.0 Å². The lowest BCUT2D eigenvalue weighted by Crippen LogP contribution is -2.39. The Bertz CT molecular complexity index is 823. The van der Waals surface area contributed by atoms with Crippen LogP contribution in [0, 0.1) is 5.92 Å². The summed E-state index contributed by atoms with van der Waals surface area (Å²) in [7, 11) is 3.91. The lowest BCUT2D eigenvalue weighted by atomic mass is 10.0. The van der Waals surface area contributed by atoms with Crippen molar-refractivity contribution in [2.45, 2.75) is 25.9 Å². The Morgan fingerprint density at radius 2 is 2.16 bits per heavy atom. The summed E-state index contributed by atoms with van der Waals surface area (Å²) in [5.41, 5.74) is 1.86. The third-order valence-corrected chi connectivity index (χ3v) is 5.12. The Morgan fingerprint density at radius 3 is 2.84 bits per heavy atom. The first kappa shape index (κ1) is 17.7. The number of hydrogen-bond acceptors (Lipinski definition) is 4. The third kappa shape index (κ3) is 3.34. The number of aliphatic hydroxyl groups excluding tert-OH is 1. The van der Waals surface area contributed by atoms with Crippen LogP contribution in [0.4, 0.5) is 0 Å². The number of H-pyrrole nitrogens is 1. The van der Waals surface area contributed by atoms with E-state index in [2.05, 4.69) is 11.9 Å². The predicted molar refractivity (Wildman–Crippen MR) is 96.8 cm³/mol. The number of imidazole rings is 1. The Labute approximate surface area is 146 Å². The maximum atomic E-state index is 12.9. The fraction of sp³-hybridized carbons (Fsp3) is 0.556. The molecule has 1 aliphatic rings. The number of rotatable bonds is 5. The maximum absolute atomic E-state index is 12.9. The number of nitrogens with zero attached hydrogens (tertiary/aromatic N) is 3. The first-order valence-corrected chi connectivity index (χ1v) is 8.71. The van der Waals surface area contributed by atoms with Crippen molar-refractivity contribution < 1.29 is 9.90 Å². The number of carbonyl (C=O) groups is 1. The molecule has 1 aliphatic heterocycles.